The van der Waals surface area contributed by atoms with E-state index in [4.69, 9.17) is 21.7 Å². The predicted octanol–water partition coefficient (Wildman–Crippen LogP) is -2.84. The molecule has 0 amide bonds. The Bertz CT molecular complexity index is 190. The van der Waals surface area contributed by atoms with Gasteiger partial charge in [0, 0.05) is 0 Å². The van der Waals surface area contributed by atoms with Gasteiger partial charge in [-0.2, -0.15) is 0 Å². The van der Waals surface area contributed by atoms with Crippen LogP contribution in [0.4, 0.5) is 0 Å². The molecule has 0 bridgehead atoms. The lowest BCUT2D eigenvalue weighted by Gasteiger charge is -2.06. The van der Waals surface area contributed by atoms with Crippen LogP contribution in [0.15, 0.2) is 4.99 Å². The quantitative estimate of drug-likeness (QED) is 0.210. The number of hydrogen-bond donors (Lipinski definition) is 4. The first-order chi connectivity index (χ1) is 6.06. The fourth-order valence-corrected chi connectivity index (χ4v) is 0.443. The number of rotatable bonds is 5. The number of nitrogens with zero attached hydrogens (tertiary/aromatic N) is 1. The molecule has 0 spiro atoms. The molecule has 0 aliphatic rings. The van der Waals surface area contributed by atoms with Gasteiger partial charge in [-0.05, 0) is 0 Å². The van der Waals surface area contributed by atoms with Crippen molar-refractivity contribution < 1.29 is 19.7 Å². The average Bonchev–Trinajstić information content (AvgIpc) is 2.10. The van der Waals surface area contributed by atoms with E-state index in [-0.39, 0.29) is 19.1 Å². The van der Waals surface area contributed by atoms with Crippen molar-refractivity contribution in [3.8, 4) is 0 Å². The molecule has 0 heterocycles. The monoisotopic (exact) mass is 191 g/mol. The van der Waals surface area contributed by atoms with E-state index in [2.05, 4.69) is 9.73 Å². The highest BCUT2D eigenvalue weighted by atomic mass is 16.5. The van der Waals surface area contributed by atoms with Crippen LogP contribution < -0.4 is 11.5 Å². The van der Waals surface area contributed by atoms with Crippen molar-refractivity contribution in [2.45, 2.75) is 6.10 Å². The van der Waals surface area contributed by atoms with E-state index in [0.29, 0.717) is 0 Å². The Kier molecular flexibility index (Phi) is 5.57. The number of guanidine groups is 1. The van der Waals surface area contributed by atoms with Crippen LogP contribution >= 0.6 is 0 Å². The normalized spacial score (nSPS) is 11.8. The fourth-order valence-electron chi connectivity index (χ4n) is 0.443. The minimum Gasteiger partial charge on any atom is -0.461 e. The molecule has 0 aromatic rings. The smallest absolute Gasteiger partial charge is 0.327 e. The highest BCUT2D eigenvalue weighted by Gasteiger charge is 2.06. The summed E-state index contributed by atoms with van der Waals surface area (Å²) in [5, 5.41) is 17.1. The number of aliphatic imine (C=N–C) groups is 1. The molecule has 76 valence electrons. The zero-order valence-corrected chi connectivity index (χ0v) is 7.01. The molecule has 0 aromatic carbocycles. The SMILES string of the molecule is NC(N)=NCC(=O)OCC(O)CO. The number of esters is 1. The second-order valence-corrected chi connectivity index (χ2v) is 2.26. The Morgan fingerprint density at radius 1 is 1.54 bits per heavy atom. The van der Waals surface area contributed by atoms with Crippen molar-refractivity contribution in [2.75, 3.05) is 19.8 Å². The minimum atomic E-state index is -1.07. The molecule has 1 unspecified atom stereocenters. The third kappa shape index (κ3) is 7.04. The van der Waals surface area contributed by atoms with Crippen molar-refractivity contribution in [3.63, 3.8) is 0 Å². The van der Waals surface area contributed by atoms with Crippen molar-refractivity contribution in [2.24, 2.45) is 16.5 Å². The van der Waals surface area contributed by atoms with E-state index in [1.165, 1.54) is 0 Å². The van der Waals surface area contributed by atoms with Crippen LogP contribution in [0.2, 0.25) is 0 Å². The molecule has 7 heteroatoms. The standard InChI is InChI=1S/C6H13N3O4/c7-6(8)9-1-5(12)13-3-4(11)2-10/h4,10-11H,1-3H2,(H4,7,8,9). The first kappa shape index (κ1) is 11.7. The van der Waals surface area contributed by atoms with Crippen LogP contribution in [0.25, 0.3) is 0 Å². The predicted molar refractivity (Wildman–Crippen MR) is 44.7 cm³/mol. The number of nitrogens with two attached hydrogens (primary N) is 2. The molecule has 0 fully saturated rings. The maximum Gasteiger partial charge on any atom is 0.327 e. The van der Waals surface area contributed by atoms with E-state index in [9.17, 15) is 4.79 Å². The van der Waals surface area contributed by atoms with Gasteiger partial charge >= 0.3 is 5.97 Å². The molecule has 13 heavy (non-hydrogen) atoms. The van der Waals surface area contributed by atoms with Crippen molar-refractivity contribution in [1.29, 1.82) is 0 Å². The van der Waals surface area contributed by atoms with Gasteiger partial charge in [0.15, 0.2) is 5.96 Å². The molecule has 0 saturated carbocycles. The largest absolute Gasteiger partial charge is 0.461 e. The third-order valence-electron chi connectivity index (χ3n) is 1.04. The van der Waals surface area contributed by atoms with Crippen LogP contribution in [0.5, 0.6) is 0 Å². The summed E-state index contributed by atoms with van der Waals surface area (Å²) >= 11 is 0. The molecule has 1 atom stereocenters. The zero-order chi connectivity index (χ0) is 10.3. The van der Waals surface area contributed by atoms with Crippen LogP contribution in [0, 0.1) is 0 Å². The number of carbonyl (C=O) groups excluding carboxylic acids is 1. The van der Waals surface area contributed by atoms with Gasteiger partial charge in [0.05, 0.1) is 6.61 Å². The van der Waals surface area contributed by atoms with E-state index in [0.717, 1.165) is 0 Å². The Morgan fingerprint density at radius 3 is 2.62 bits per heavy atom. The highest BCUT2D eigenvalue weighted by Crippen LogP contribution is 1.85. The minimum absolute atomic E-state index is 0.209. The molecule has 0 radical (unpaired) electrons. The average molecular weight is 191 g/mol. The third-order valence-corrected chi connectivity index (χ3v) is 1.04. The topological polar surface area (TPSA) is 131 Å². The van der Waals surface area contributed by atoms with E-state index < -0.39 is 18.7 Å². The summed E-state index contributed by atoms with van der Waals surface area (Å²) in [4.78, 5) is 14.1. The first-order valence-corrected chi connectivity index (χ1v) is 3.56. The van der Waals surface area contributed by atoms with Gasteiger partial charge < -0.3 is 26.4 Å². The second-order valence-electron chi connectivity index (χ2n) is 2.26. The summed E-state index contributed by atoms with van der Waals surface area (Å²) in [5.74, 6) is -0.874. The summed E-state index contributed by atoms with van der Waals surface area (Å²) in [6.07, 6.45) is -1.07. The lowest BCUT2D eigenvalue weighted by atomic mass is 10.4. The van der Waals surface area contributed by atoms with E-state index >= 15 is 0 Å². The summed E-state index contributed by atoms with van der Waals surface area (Å²) in [6.45, 7) is -1.02. The molecule has 0 aliphatic carbocycles. The van der Waals surface area contributed by atoms with Crippen molar-refractivity contribution >= 4 is 11.9 Å². The maximum atomic E-state index is 10.7. The number of aliphatic hydroxyl groups is 2. The van der Waals surface area contributed by atoms with Gasteiger partial charge in [-0.1, -0.05) is 0 Å². The molecule has 0 saturated heterocycles. The molecule has 0 rings (SSSR count). The summed E-state index contributed by atoms with van der Waals surface area (Å²) in [5.41, 5.74) is 9.91. The molecule has 0 aliphatic heterocycles. The van der Waals surface area contributed by atoms with Gasteiger partial charge in [-0.25, -0.2) is 4.99 Å². The lowest BCUT2D eigenvalue weighted by Crippen LogP contribution is -2.26. The Labute approximate surface area is 75.0 Å². The van der Waals surface area contributed by atoms with Crippen molar-refractivity contribution in [3.05, 3.63) is 0 Å². The maximum absolute atomic E-state index is 10.7. The Morgan fingerprint density at radius 2 is 2.15 bits per heavy atom. The second kappa shape index (κ2) is 6.21. The van der Waals surface area contributed by atoms with Gasteiger partial charge in [0.25, 0.3) is 0 Å². The summed E-state index contributed by atoms with van der Waals surface area (Å²) < 4.78 is 4.48. The molecular formula is C6H13N3O4. The van der Waals surface area contributed by atoms with Gasteiger partial charge in [-0.15, -0.1) is 0 Å². The van der Waals surface area contributed by atoms with E-state index in [1.807, 2.05) is 0 Å². The van der Waals surface area contributed by atoms with Crippen LogP contribution in [-0.4, -0.2) is 48.0 Å². The first-order valence-electron chi connectivity index (χ1n) is 3.56. The number of aliphatic hydroxyl groups excluding tert-OH is 2. The van der Waals surface area contributed by atoms with Gasteiger partial charge in [-0.3, -0.25) is 4.79 Å². The summed E-state index contributed by atoms with van der Waals surface area (Å²) in [6, 6.07) is 0. The number of carbonyl (C=O) groups is 1. The fraction of sp³-hybridized carbons (Fsp3) is 0.667. The van der Waals surface area contributed by atoms with Crippen molar-refractivity contribution in [1.82, 2.24) is 0 Å². The van der Waals surface area contributed by atoms with Crippen LogP contribution in [0.3, 0.4) is 0 Å². The molecular weight excluding hydrogens is 178 g/mol. The van der Waals surface area contributed by atoms with Gasteiger partial charge in [0.1, 0.15) is 19.3 Å². The Hall–Kier alpha value is -1.34. The zero-order valence-electron chi connectivity index (χ0n) is 7.01. The lowest BCUT2D eigenvalue weighted by molar-refractivity contribution is -0.145. The highest BCUT2D eigenvalue weighted by molar-refractivity contribution is 5.80. The molecule has 7 nitrogen and oxygen atoms in total. The van der Waals surface area contributed by atoms with E-state index in [1.54, 1.807) is 0 Å². The molecule has 0 aromatic heterocycles. The Balaban J connectivity index is 3.58. The van der Waals surface area contributed by atoms with Crippen LogP contribution in [0.1, 0.15) is 0 Å². The number of ether oxygens (including phenoxy) is 1. The van der Waals surface area contributed by atoms with Gasteiger partial charge in [0.2, 0.25) is 0 Å². The molecule has 6 N–H and O–H groups in total. The number of hydrogen-bond acceptors (Lipinski definition) is 5. The van der Waals surface area contributed by atoms with Crippen LogP contribution in [-0.2, 0) is 9.53 Å². The summed E-state index contributed by atoms with van der Waals surface area (Å²) in [7, 11) is 0.